The van der Waals surface area contributed by atoms with Crippen molar-refractivity contribution in [1.29, 1.82) is 5.26 Å². The lowest BCUT2D eigenvalue weighted by molar-refractivity contribution is 0.271. The Balaban J connectivity index is 2.19. The number of nitrogens with zero attached hydrogens (tertiary/aromatic N) is 2. The highest BCUT2D eigenvalue weighted by molar-refractivity contribution is 5.04. The van der Waals surface area contributed by atoms with E-state index in [1.807, 2.05) is 6.92 Å². The summed E-state index contributed by atoms with van der Waals surface area (Å²) in [6, 6.07) is 2.80. The molecule has 19 heavy (non-hydrogen) atoms. The second-order valence-corrected chi connectivity index (χ2v) is 6.46. The average Bonchev–Trinajstić information content (AvgIpc) is 2.62. The third-order valence-corrected chi connectivity index (χ3v) is 3.95. The first-order valence-electron chi connectivity index (χ1n) is 7.97. The third-order valence-electron chi connectivity index (χ3n) is 3.95. The number of hydrogen-bond donors (Lipinski definition) is 1. The van der Waals surface area contributed by atoms with Crippen molar-refractivity contribution in [2.75, 3.05) is 19.6 Å². The molecule has 1 aliphatic rings. The molecule has 0 aromatic rings. The molecule has 1 fully saturated rings. The highest BCUT2D eigenvalue weighted by atomic mass is 15.1. The van der Waals surface area contributed by atoms with Crippen molar-refractivity contribution in [3.63, 3.8) is 0 Å². The van der Waals surface area contributed by atoms with Crippen molar-refractivity contribution in [3.8, 4) is 6.07 Å². The predicted molar refractivity (Wildman–Crippen MR) is 81.0 cm³/mol. The molecule has 0 bridgehead atoms. The molecule has 0 aliphatic carbocycles. The van der Waals surface area contributed by atoms with E-state index >= 15 is 0 Å². The fourth-order valence-electron chi connectivity index (χ4n) is 2.97. The van der Waals surface area contributed by atoms with Crippen LogP contribution in [-0.2, 0) is 0 Å². The Morgan fingerprint density at radius 2 is 1.79 bits per heavy atom. The highest BCUT2D eigenvalue weighted by Gasteiger charge is 2.23. The topological polar surface area (TPSA) is 39.1 Å². The van der Waals surface area contributed by atoms with Gasteiger partial charge in [0.15, 0.2) is 0 Å². The molecule has 3 nitrogen and oxygen atoms in total. The summed E-state index contributed by atoms with van der Waals surface area (Å²) >= 11 is 0. The molecule has 1 N–H and O–H groups in total. The zero-order valence-electron chi connectivity index (χ0n) is 13.0. The molecular formula is C16H31N3. The first kappa shape index (κ1) is 16.5. The van der Waals surface area contributed by atoms with Gasteiger partial charge in [-0.3, -0.25) is 5.32 Å². The molecule has 1 atom stereocenters. The highest BCUT2D eigenvalue weighted by Crippen LogP contribution is 2.15. The average molecular weight is 265 g/mol. The van der Waals surface area contributed by atoms with Crippen molar-refractivity contribution < 1.29 is 0 Å². The predicted octanol–water partition coefficient (Wildman–Crippen LogP) is 3.31. The first-order valence-corrected chi connectivity index (χ1v) is 7.97. The smallest absolute Gasteiger partial charge is 0.104 e. The fraction of sp³-hybridized carbons (Fsp3) is 0.938. The van der Waals surface area contributed by atoms with Gasteiger partial charge in [-0.2, -0.15) is 5.26 Å². The maximum atomic E-state index is 9.30. The first-order chi connectivity index (χ1) is 9.06. The quantitative estimate of drug-likeness (QED) is 0.718. The molecule has 0 aromatic heterocycles. The van der Waals surface area contributed by atoms with Gasteiger partial charge in [-0.05, 0) is 72.5 Å². The van der Waals surface area contributed by atoms with E-state index in [1.54, 1.807) is 0 Å². The van der Waals surface area contributed by atoms with Crippen molar-refractivity contribution in [2.45, 2.75) is 77.3 Å². The molecule has 1 unspecified atom stereocenters. The van der Waals surface area contributed by atoms with Gasteiger partial charge in [-0.1, -0.05) is 12.8 Å². The number of unbranched alkanes of at least 4 members (excludes halogenated alkanes) is 1. The van der Waals surface area contributed by atoms with Gasteiger partial charge in [0.25, 0.3) is 0 Å². The van der Waals surface area contributed by atoms with Crippen LogP contribution in [-0.4, -0.2) is 36.1 Å². The van der Waals surface area contributed by atoms with E-state index in [2.05, 4.69) is 30.1 Å². The molecule has 0 saturated carbocycles. The molecule has 1 heterocycles. The Morgan fingerprint density at radius 1 is 1.16 bits per heavy atom. The molecule has 0 aromatic carbocycles. The Kier molecular flexibility index (Phi) is 7.41. The second kappa shape index (κ2) is 8.55. The maximum Gasteiger partial charge on any atom is 0.104 e. The monoisotopic (exact) mass is 265 g/mol. The Morgan fingerprint density at radius 3 is 2.32 bits per heavy atom. The van der Waals surface area contributed by atoms with E-state index < -0.39 is 0 Å². The lowest BCUT2D eigenvalue weighted by atomic mass is 9.95. The van der Waals surface area contributed by atoms with E-state index in [0.29, 0.717) is 6.04 Å². The summed E-state index contributed by atoms with van der Waals surface area (Å²) in [5, 5.41) is 12.7. The van der Waals surface area contributed by atoms with Gasteiger partial charge < -0.3 is 4.90 Å². The molecule has 1 saturated heterocycles. The lowest BCUT2D eigenvalue weighted by Gasteiger charge is -2.26. The van der Waals surface area contributed by atoms with Crippen LogP contribution in [0.15, 0.2) is 0 Å². The summed E-state index contributed by atoms with van der Waals surface area (Å²) in [4.78, 5) is 2.60. The minimum atomic E-state index is -0.354. The molecule has 0 spiro atoms. The van der Waals surface area contributed by atoms with Gasteiger partial charge in [-0.15, -0.1) is 0 Å². The van der Waals surface area contributed by atoms with Gasteiger partial charge in [0.1, 0.15) is 5.54 Å². The van der Waals surface area contributed by atoms with Crippen LogP contribution < -0.4 is 5.32 Å². The van der Waals surface area contributed by atoms with Gasteiger partial charge in [-0.25, -0.2) is 0 Å². The molecule has 0 radical (unpaired) electrons. The molecule has 1 rings (SSSR count). The second-order valence-electron chi connectivity index (χ2n) is 6.46. The third kappa shape index (κ3) is 6.94. The zero-order chi connectivity index (χ0) is 14.1. The van der Waals surface area contributed by atoms with Crippen LogP contribution in [0, 0.1) is 11.3 Å². The zero-order valence-corrected chi connectivity index (χ0v) is 13.0. The van der Waals surface area contributed by atoms with E-state index in [4.69, 9.17) is 0 Å². The Bertz CT molecular complexity index is 274. The standard InChI is InChI=1S/C16H31N3/c1-15(2)18-16(3,14-17)10-6-9-13-19-11-7-4-5-8-12-19/h15,18H,4-13H2,1-3H3. The van der Waals surface area contributed by atoms with E-state index in [9.17, 15) is 5.26 Å². The van der Waals surface area contributed by atoms with Crippen molar-refractivity contribution in [1.82, 2.24) is 10.2 Å². The normalized spacial score (nSPS) is 20.8. The van der Waals surface area contributed by atoms with Gasteiger partial charge >= 0.3 is 0 Å². The van der Waals surface area contributed by atoms with Gasteiger partial charge in [0, 0.05) is 6.04 Å². The SMILES string of the molecule is CC(C)NC(C)(C#N)CCCCN1CCCCCC1. The van der Waals surface area contributed by atoms with Crippen LogP contribution in [0.1, 0.15) is 65.7 Å². The number of nitrogens with one attached hydrogen (secondary N) is 1. The van der Waals surface area contributed by atoms with Crippen LogP contribution in [0.3, 0.4) is 0 Å². The van der Waals surface area contributed by atoms with Crippen LogP contribution in [0.25, 0.3) is 0 Å². The van der Waals surface area contributed by atoms with E-state index in [1.165, 1.54) is 51.7 Å². The van der Waals surface area contributed by atoms with Gasteiger partial charge in [0.2, 0.25) is 0 Å². The fourth-order valence-corrected chi connectivity index (χ4v) is 2.97. The largest absolute Gasteiger partial charge is 0.303 e. The number of likely N-dealkylation sites (tertiary alicyclic amines) is 1. The van der Waals surface area contributed by atoms with Crippen molar-refractivity contribution >= 4 is 0 Å². The number of rotatable bonds is 7. The minimum absolute atomic E-state index is 0.354. The molecule has 110 valence electrons. The molecule has 0 amide bonds. The summed E-state index contributed by atoms with van der Waals surface area (Å²) in [6.07, 6.45) is 8.85. The Hall–Kier alpha value is -0.590. The molecule has 3 heteroatoms. The van der Waals surface area contributed by atoms with Crippen molar-refractivity contribution in [3.05, 3.63) is 0 Å². The summed E-state index contributed by atoms with van der Waals surface area (Å²) in [7, 11) is 0. The van der Waals surface area contributed by atoms with Crippen LogP contribution in [0.4, 0.5) is 0 Å². The lowest BCUT2D eigenvalue weighted by Crippen LogP contribution is -2.45. The van der Waals surface area contributed by atoms with Crippen LogP contribution in [0.5, 0.6) is 0 Å². The minimum Gasteiger partial charge on any atom is -0.303 e. The van der Waals surface area contributed by atoms with Crippen molar-refractivity contribution in [2.24, 2.45) is 0 Å². The van der Waals surface area contributed by atoms with Gasteiger partial charge in [0.05, 0.1) is 6.07 Å². The number of hydrogen-bond acceptors (Lipinski definition) is 3. The molecular weight excluding hydrogens is 234 g/mol. The summed E-state index contributed by atoms with van der Waals surface area (Å²) in [5.41, 5.74) is -0.354. The van der Waals surface area contributed by atoms with Crippen LogP contribution >= 0.6 is 0 Å². The molecule has 1 aliphatic heterocycles. The van der Waals surface area contributed by atoms with E-state index in [0.717, 1.165) is 12.8 Å². The maximum absolute atomic E-state index is 9.30. The number of nitriles is 1. The Labute approximate surface area is 119 Å². The summed E-state index contributed by atoms with van der Waals surface area (Å²) in [6.45, 7) is 10.0. The summed E-state index contributed by atoms with van der Waals surface area (Å²) < 4.78 is 0. The van der Waals surface area contributed by atoms with E-state index in [-0.39, 0.29) is 5.54 Å². The van der Waals surface area contributed by atoms with Crippen LogP contribution in [0.2, 0.25) is 0 Å². The summed E-state index contributed by atoms with van der Waals surface area (Å²) in [5.74, 6) is 0.